The molecular weight excluding hydrogens is 549 g/mol. The Hall–Kier alpha value is -4.85. The van der Waals surface area contributed by atoms with Crippen molar-refractivity contribution in [2.45, 2.75) is 17.7 Å². The molecule has 0 fully saturated rings. The number of allylic oxidation sites excluding steroid dienone is 5. The SMILES string of the molecule is CSc1ccc(-c2c3c(c(-c4cc(-c5ccccc5)cc(-c5ccccc5)c4)c4ccccc24)CC=C3)cc1C1=CCC=C1. The third-order valence-corrected chi connectivity index (χ3v) is 9.77. The molecule has 6 aromatic rings. The molecule has 0 atom stereocenters. The molecular formula is C43H32S. The highest BCUT2D eigenvalue weighted by Gasteiger charge is 2.23. The van der Waals surface area contributed by atoms with Crippen molar-refractivity contribution in [1.29, 1.82) is 0 Å². The summed E-state index contributed by atoms with van der Waals surface area (Å²) in [4.78, 5) is 1.32. The van der Waals surface area contributed by atoms with Gasteiger partial charge in [0, 0.05) is 4.90 Å². The fourth-order valence-electron chi connectivity index (χ4n) is 6.96. The highest BCUT2D eigenvalue weighted by Crippen LogP contribution is 2.47. The van der Waals surface area contributed by atoms with E-state index in [9.17, 15) is 0 Å². The molecule has 0 saturated heterocycles. The van der Waals surface area contributed by atoms with Gasteiger partial charge in [-0.2, -0.15) is 0 Å². The van der Waals surface area contributed by atoms with Gasteiger partial charge in [-0.1, -0.05) is 121 Å². The van der Waals surface area contributed by atoms with E-state index in [1.165, 1.54) is 82.4 Å². The van der Waals surface area contributed by atoms with Crippen LogP contribution in [0.4, 0.5) is 0 Å². The number of benzene rings is 6. The van der Waals surface area contributed by atoms with Crippen LogP contribution in [0.3, 0.4) is 0 Å². The summed E-state index contributed by atoms with van der Waals surface area (Å²) in [5, 5.41) is 2.61. The maximum Gasteiger partial charge on any atom is 0.0148 e. The largest absolute Gasteiger partial charge is 0.129 e. The zero-order valence-electron chi connectivity index (χ0n) is 24.8. The lowest BCUT2D eigenvalue weighted by Crippen LogP contribution is -1.97. The summed E-state index contributed by atoms with van der Waals surface area (Å²) in [6.07, 6.45) is 15.7. The van der Waals surface area contributed by atoms with Crippen molar-refractivity contribution in [2.24, 2.45) is 0 Å². The molecule has 0 nitrogen and oxygen atoms in total. The second kappa shape index (κ2) is 11.3. The van der Waals surface area contributed by atoms with Crippen LogP contribution < -0.4 is 0 Å². The Balaban J connectivity index is 1.40. The molecule has 0 bridgehead atoms. The maximum atomic E-state index is 2.42. The molecule has 44 heavy (non-hydrogen) atoms. The van der Waals surface area contributed by atoms with Gasteiger partial charge in [0.15, 0.2) is 0 Å². The molecule has 0 spiro atoms. The molecule has 0 heterocycles. The number of rotatable bonds is 6. The smallest absolute Gasteiger partial charge is 0.0148 e. The Labute approximate surface area is 264 Å². The summed E-state index contributed by atoms with van der Waals surface area (Å²) < 4.78 is 0. The Morgan fingerprint density at radius 1 is 0.523 bits per heavy atom. The van der Waals surface area contributed by atoms with Gasteiger partial charge in [-0.15, -0.1) is 11.8 Å². The van der Waals surface area contributed by atoms with Gasteiger partial charge >= 0.3 is 0 Å². The number of hydrogen-bond acceptors (Lipinski definition) is 1. The molecule has 0 aliphatic heterocycles. The minimum atomic E-state index is 0.933. The van der Waals surface area contributed by atoms with Crippen molar-refractivity contribution in [1.82, 2.24) is 0 Å². The molecule has 2 aliphatic carbocycles. The first-order valence-corrected chi connectivity index (χ1v) is 16.6. The quantitative estimate of drug-likeness (QED) is 0.177. The molecule has 210 valence electrons. The van der Waals surface area contributed by atoms with E-state index in [1.807, 2.05) is 11.8 Å². The summed E-state index contributed by atoms with van der Waals surface area (Å²) in [6, 6.07) is 44.8. The minimum absolute atomic E-state index is 0.933. The molecule has 2 aliphatic rings. The maximum absolute atomic E-state index is 2.42. The van der Waals surface area contributed by atoms with Crippen LogP contribution in [0.15, 0.2) is 151 Å². The molecule has 0 N–H and O–H groups in total. The molecule has 0 unspecified atom stereocenters. The average molecular weight is 581 g/mol. The van der Waals surface area contributed by atoms with E-state index in [-0.39, 0.29) is 0 Å². The zero-order chi connectivity index (χ0) is 29.5. The molecule has 0 radical (unpaired) electrons. The van der Waals surface area contributed by atoms with E-state index < -0.39 is 0 Å². The summed E-state index contributed by atoms with van der Waals surface area (Å²) in [7, 11) is 0. The van der Waals surface area contributed by atoms with Crippen LogP contribution in [0.25, 0.3) is 66.9 Å². The number of hydrogen-bond donors (Lipinski definition) is 0. The third kappa shape index (κ3) is 4.65. The standard InChI is InChI=1S/C43H32S/c1-44-41-24-23-32(28-40(41)31-17-8-9-18-31)42-36-19-10-11-20-37(36)43(39-22-12-21-38(39)42)35-26-33(29-13-4-2-5-14-29)25-34(27-35)30-15-6-3-7-16-30/h2-8,10-21,23-28H,9,22H2,1H3. The first-order valence-electron chi connectivity index (χ1n) is 15.3. The van der Waals surface area contributed by atoms with E-state index in [0.717, 1.165) is 12.8 Å². The van der Waals surface area contributed by atoms with E-state index in [0.29, 0.717) is 0 Å². The van der Waals surface area contributed by atoms with Crippen LogP contribution in [0, 0.1) is 0 Å². The fourth-order valence-corrected chi connectivity index (χ4v) is 7.56. The molecule has 8 rings (SSSR count). The molecule has 0 amide bonds. The van der Waals surface area contributed by atoms with E-state index >= 15 is 0 Å². The fraction of sp³-hybridized carbons (Fsp3) is 0.0698. The molecule has 0 saturated carbocycles. The van der Waals surface area contributed by atoms with Crippen molar-refractivity contribution in [3.05, 3.63) is 162 Å². The third-order valence-electron chi connectivity index (χ3n) is 8.97. The lowest BCUT2D eigenvalue weighted by atomic mass is 9.83. The van der Waals surface area contributed by atoms with E-state index in [1.54, 1.807) is 0 Å². The first kappa shape index (κ1) is 26.8. The van der Waals surface area contributed by atoms with E-state index in [4.69, 9.17) is 0 Å². The van der Waals surface area contributed by atoms with Gasteiger partial charge in [0.05, 0.1) is 0 Å². The number of thioether (sulfide) groups is 1. The Morgan fingerprint density at radius 2 is 1.16 bits per heavy atom. The second-order valence-electron chi connectivity index (χ2n) is 11.5. The Kier molecular flexibility index (Phi) is 6.89. The number of fused-ring (bicyclic) bond motifs is 2. The van der Waals surface area contributed by atoms with Crippen molar-refractivity contribution < 1.29 is 0 Å². The van der Waals surface area contributed by atoms with Crippen LogP contribution in [-0.4, -0.2) is 6.26 Å². The summed E-state index contributed by atoms with van der Waals surface area (Å²) in [5.74, 6) is 0. The zero-order valence-corrected chi connectivity index (χ0v) is 25.6. The highest BCUT2D eigenvalue weighted by molar-refractivity contribution is 7.98. The van der Waals surface area contributed by atoms with E-state index in [2.05, 4.69) is 158 Å². The highest BCUT2D eigenvalue weighted by atomic mass is 32.2. The predicted octanol–water partition coefficient (Wildman–Crippen LogP) is 12.1. The molecule has 1 heteroatoms. The lowest BCUT2D eigenvalue weighted by molar-refractivity contribution is 1.32. The monoisotopic (exact) mass is 580 g/mol. The first-order chi connectivity index (χ1) is 21.8. The minimum Gasteiger partial charge on any atom is -0.129 e. The van der Waals surface area contributed by atoms with Crippen LogP contribution in [0.2, 0.25) is 0 Å². The average Bonchev–Trinajstić information content (AvgIpc) is 3.81. The summed E-state index contributed by atoms with van der Waals surface area (Å²) in [6.45, 7) is 0. The van der Waals surface area contributed by atoms with Gasteiger partial charge in [-0.25, -0.2) is 0 Å². The van der Waals surface area contributed by atoms with Gasteiger partial charge < -0.3 is 0 Å². The van der Waals surface area contributed by atoms with Gasteiger partial charge in [0.1, 0.15) is 0 Å². The Bertz CT molecular complexity index is 2070. The van der Waals surface area contributed by atoms with Gasteiger partial charge in [0.25, 0.3) is 0 Å². The second-order valence-corrected chi connectivity index (χ2v) is 12.4. The normalized spacial score (nSPS) is 13.4. The van der Waals surface area contributed by atoms with Crippen LogP contribution in [0.1, 0.15) is 23.1 Å². The van der Waals surface area contributed by atoms with Crippen LogP contribution in [-0.2, 0) is 6.42 Å². The van der Waals surface area contributed by atoms with Crippen molar-refractivity contribution in [3.63, 3.8) is 0 Å². The van der Waals surface area contributed by atoms with Crippen molar-refractivity contribution in [3.8, 4) is 44.5 Å². The topological polar surface area (TPSA) is 0 Å². The van der Waals surface area contributed by atoms with Crippen LogP contribution in [0.5, 0.6) is 0 Å². The van der Waals surface area contributed by atoms with Gasteiger partial charge in [-0.05, 0) is 127 Å². The van der Waals surface area contributed by atoms with Gasteiger partial charge in [-0.3, -0.25) is 0 Å². The lowest BCUT2D eigenvalue weighted by Gasteiger charge is -2.21. The van der Waals surface area contributed by atoms with Crippen LogP contribution >= 0.6 is 11.8 Å². The summed E-state index contributed by atoms with van der Waals surface area (Å²) >= 11 is 1.83. The van der Waals surface area contributed by atoms with Gasteiger partial charge in [0.2, 0.25) is 0 Å². The van der Waals surface area contributed by atoms with Crippen molar-refractivity contribution in [2.75, 3.05) is 6.26 Å². The predicted molar refractivity (Wildman–Crippen MR) is 192 cm³/mol. The Morgan fingerprint density at radius 3 is 1.80 bits per heavy atom. The molecule has 6 aromatic carbocycles. The summed E-state index contributed by atoms with van der Waals surface area (Å²) in [5.41, 5.74) is 15.6. The van der Waals surface area contributed by atoms with Crippen molar-refractivity contribution >= 4 is 34.2 Å². The molecule has 0 aromatic heterocycles.